The van der Waals surface area contributed by atoms with Gasteiger partial charge in [0, 0.05) is 32.2 Å². The molecule has 1 atom stereocenters. The van der Waals surface area contributed by atoms with E-state index in [9.17, 15) is 0 Å². The summed E-state index contributed by atoms with van der Waals surface area (Å²) in [6, 6.07) is 7.79. The fourth-order valence-corrected chi connectivity index (χ4v) is 3.08. The molecule has 1 fully saturated rings. The number of piperazine rings is 1. The second-order valence-electron chi connectivity index (χ2n) is 5.48. The molecule has 0 unspecified atom stereocenters. The second-order valence-corrected chi connectivity index (χ2v) is 5.48. The van der Waals surface area contributed by atoms with Gasteiger partial charge in [0.2, 0.25) is 0 Å². The largest absolute Gasteiger partial charge is 0.314 e. The average molecular weight is 267 g/mol. The van der Waals surface area contributed by atoms with E-state index in [-0.39, 0.29) is 12.4 Å². The minimum Gasteiger partial charge on any atom is -0.314 e. The van der Waals surface area contributed by atoms with E-state index < -0.39 is 0 Å². The van der Waals surface area contributed by atoms with Crippen molar-refractivity contribution in [2.24, 2.45) is 0 Å². The molecule has 2 nitrogen and oxygen atoms in total. The van der Waals surface area contributed by atoms with Gasteiger partial charge in [-0.1, -0.05) is 18.2 Å². The van der Waals surface area contributed by atoms with Crippen molar-refractivity contribution in [2.75, 3.05) is 19.6 Å². The van der Waals surface area contributed by atoms with Crippen molar-refractivity contribution < 1.29 is 0 Å². The molecule has 1 N–H and O–H groups in total. The first-order chi connectivity index (χ1) is 8.33. The maximum atomic E-state index is 3.45. The van der Waals surface area contributed by atoms with Gasteiger partial charge in [0.05, 0.1) is 0 Å². The minimum atomic E-state index is 0. The second kappa shape index (κ2) is 6.05. The van der Waals surface area contributed by atoms with Crippen LogP contribution >= 0.6 is 12.4 Å². The number of aryl methyl sites for hydroxylation is 2. The summed E-state index contributed by atoms with van der Waals surface area (Å²) in [6.07, 6.45) is 3.93. The van der Waals surface area contributed by atoms with Crippen LogP contribution in [0.2, 0.25) is 0 Å². The first-order valence-corrected chi connectivity index (χ1v) is 6.88. The molecule has 0 aromatic heterocycles. The Hall–Kier alpha value is -0.570. The quantitative estimate of drug-likeness (QED) is 0.884. The van der Waals surface area contributed by atoms with Crippen LogP contribution in [0.15, 0.2) is 18.2 Å². The number of halogens is 1. The fourth-order valence-electron chi connectivity index (χ4n) is 3.08. The van der Waals surface area contributed by atoms with E-state index in [4.69, 9.17) is 0 Å². The third-order valence-corrected chi connectivity index (χ3v) is 4.19. The summed E-state index contributed by atoms with van der Waals surface area (Å²) in [5.74, 6) is 0. The van der Waals surface area contributed by atoms with Crippen molar-refractivity contribution >= 4 is 12.4 Å². The number of nitrogens with zero attached hydrogens (tertiary/aromatic N) is 1. The summed E-state index contributed by atoms with van der Waals surface area (Å²) in [5, 5.41) is 3.45. The molecule has 1 aliphatic carbocycles. The molecule has 3 rings (SSSR count). The smallest absolute Gasteiger partial charge is 0.0237 e. The predicted molar refractivity (Wildman–Crippen MR) is 78.5 cm³/mol. The lowest BCUT2D eigenvalue weighted by molar-refractivity contribution is 0.165. The molecule has 0 radical (unpaired) electrons. The zero-order chi connectivity index (χ0) is 11.7. The van der Waals surface area contributed by atoms with Crippen LogP contribution in [0.4, 0.5) is 0 Å². The van der Waals surface area contributed by atoms with E-state index in [1.165, 1.54) is 31.4 Å². The number of hydrogen-bond donors (Lipinski definition) is 1. The van der Waals surface area contributed by atoms with Gasteiger partial charge in [-0.15, -0.1) is 12.4 Å². The fraction of sp³-hybridized carbons (Fsp3) is 0.600. The van der Waals surface area contributed by atoms with Gasteiger partial charge in [-0.3, -0.25) is 4.90 Å². The molecule has 1 aromatic carbocycles. The van der Waals surface area contributed by atoms with Gasteiger partial charge in [-0.25, -0.2) is 0 Å². The van der Waals surface area contributed by atoms with E-state index >= 15 is 0 Å². The van der Waals surface area contributed by atoms with Crippen LogP contribution in [0, 0.1) is 0 Å². The Morgan fingerprint density at radius 2 is 2.11 bits per heavy atom. The SMILES string of the molecule is C[C@@H]1CNCCN1Cc1ccc2c(c1)CCC2.Cl. The number of fused-ring (bicyclic) bond motifs is 1. The van der Waals surface area contributed by atoms with E-state index in [1.54, 1.807) is 11.1 Å². The minimum absolute atomic E-state index is 0. The van der Waals surface area contributed by atoms with Gasteiger partial charge in [0.25, 0.3) is 0 Å². The molecular weight excluding hydrogens is 244 g/mol. The summed E-state index contributed by atoms with van der Waals surface area (Å²) in [6.45, 7) is 6.88. The van der Waals surface area contributed by atoms with Gasteiger partial charge in [0.15, 0.2) is 0 Å². The van der Waals surface area contributed by atoms with Crippen LogP contribution in [-0.2, 0) is 19.4 Å². The van der Waals surface area contributed by atoms with E-state index in [1.807, 2.05) is 0 Å². The molecule has 100 valence electrons. The van der Waals surface area contributed by atoms with Crippen molar-refractivity contribution in [1.82, 2.24) is 10.2 Å². The van der Waals surface area contributed by atoms with Crippen molar-refractivity contribution in [2.45, 2.75) is 38.8 Å². The van der Waals surface area contributed by atoms with Gasteiger partial charge in [0.1, 0.15) is 0 Å². The highest BCUT2D eigenvalue weighted by Gasteiger charge is 2.18. The highest BCUT2D eigenvalue weighted by atomic mass is 35.5. The molecule has 18 heavy (non-hydrogen) atoms. The zero-order valence-electron chi connectivity index (χ0n) is 11.1. The van der Waals surface area contributed by atoms with E-state index in [0.717, 1.165) is 19.6 Å². The zero-order valence-corrected chi connectivity index (χ0v) is 11.9. The van der Waals surface area contributed by atoms with Crippen LogP contribution in [0.5, 0.6) is 0 Å². The Morgan fingerprint density at radius 3 is 2.94 bits per heavy atom. The van der Waals surface area contributed by atoms with Crippen LogP contribution in [0.1, 0.15) is 30.0 Å². The summed E-state index contributed by atoms with van der Waals surface area (Å²) in [5.41, 5.74) is 4.69. The molecule has 1 saturated heterocycles. The Kier molecular flexibility index (Phi) is 4.66. The molecule has 0 bridgehead atoms. The lowest BCUT2D eigenvalue weighted by atomic mass is 10.1. The standard InChI is InChI=1S/C15H22N2.ClH/c1-12-10-16-7-8-17(12)11-13-5-6-14-3-2-4-15(14)9-13;/h5-6,9,12,16H,2-4,7-8,10-11H2,1H3;1H/t12-;/m1./s1. The molecule has 1 aliphatic heterocycles. The number of nitrogens with one attached hydrogen (secondary N) is 1. The molecule has 0 amide bonds. The highest BCUT2D eigenvalue weighted by Crippen LogP contribution is 2.23. The summed E-state index contributed by atoms with van der Waals surface area (Å²) in [7, 11) is 0. The van der Waals surface area contributed by atoms with Gasteiger partial charge >= 0.3 is 0 Å². The molecule has 3 heteroatoms. The first-order valence-electron chi connectivity index (χ1n) is 6.88. The van der Waals surface area contributed by atoms with Crippen molar-refractivity contribution in [3.8, 4) is 0 Å². The van der Waals surface area contributed by atoms with Crippen molar-refractivity contribution in [3.05, 3.63) is 34.9 Å². The van der Waals surface area contributed by atoms with Crippen molar-refractivity contribution in [3.63, 3.8) is 0 Å². The number of benzene rings is 1. The van der Waals surface area contributed by atoms with Gasteiger partial charge < -0.3 is 5.32 Å². The Bertz CT molecular complexity index is 405. The van der Waals surface area contributed by atoms with Crippen LogP contribution < -0.4 is 5.32 Å². The molecule has 0 spiro atoms. The summed E-state index contributed by atoms with van der Waals surface area (Å²) < 4.78 is 0. The Balaban J connectivity index is 0.00000120. The third-order valence-electron chi connectivity index (χ3n) is 4.19. The molecule has 2 aliphatic rings. The lowest BCUT2D eigenvalue weighted by Crippen LogP contribution is -2.49. The Morgan fingerprint density at radius 1 is 1.28 bits per heavy atom. The first kappa shape index (κ1) is 13.9. The monoisotopic (exact) mass is 266 g/mol. The van der Waals surface area contributed by atoms with Crippen LogP contribution in [0.25, 0.3) is 0 Å². The van der Waals surface area contributed by atoms with Crippen molar-refractivity contribution in [1.29, 1.82) is 0 Å². The molecular formula is C15H23ClN2. The molecule has 0 saturated carbocycles. The summed E-state index contributed by atoms with van der Waals surface area (Å²) in [4.78, 5) is 2.59. The van der Waals surface area contributed by atoms with E-state index in [0.29, 0.717) is 6.04 Å². The topological polar surface area (TPSA) is 15.3 Å². The summed E-state index contributed by atoms with van der Waals surface area (Å²) >= 11 is 0. The van der Waals surface area contributed by atoms with E-state index in [2.05, 4.69) is 35.3 Å². The van der Waals surface area contributed by atoms with Gasteiger partial charge in [-0.2, -0.15) is 0 Å². The maximum Gasteiger partial charge on any atom is 0.0237 e. The average Bonchev–Trinajstić information content (AvgIpc) is 2.79. The number of rotatable bonds is 2. The van der Waals surface area contributed by atoms with Crippen LogP contribution in [-0.4, -0.2) is 30.6 Å². The molecule has 1 heterocycles. The highest BCUT2D eigenvalue weighted by molar-refractivity contribution is 5.85. The normalized spacial score (nSPS) is 23.5. The molecule has 1 aromatic rings. The number of hydrogen-bond acceptors (Lipinski definition) is 2. The van der Waals surface area contributed by atoms with Gasteiger partial charge in [-0.05, 0) is 42.9 Å². The Labute approximate surface area is 116 Å². The van der Waals surface area contributed by atoms with Crippen LogP contribution in [0.3, 0.4) is 0 Å². The maximum absolute atomic E-state index is 3.45. The lowest BCUT2D eigenvalue weighted by Gasteiger charge is -2.34. The predicted octanol–water partition coefficient (Wildman–Crippen LogP) is 2.39. The third kappa shape index (κ3) is 2.87.